The molecule has 10 nitrogen and oxygen atoms in total. The molecule has 0 atom stereocenters. The molecule has 2 amide bonds. The van der Waals surface area contributed by atoms with Gasteiger partial charge in [-0.15, -0.1) is 0 Å². The molecule has 0 radical (unpaired) electrons. The lowest BCUT2D eigenvalue weighted by Crippen LogP contribution is -2.24. The van der Waals surface area contributed by atoms with Crippen LogP contribution in [0.15, 0.2) is 54.7 Å². The fraction of sp³-hybridized carbons (Fsp3) is 0.300. The van der Waals surface area contributed by atoms with Gasteiger partial charge in [0.25, 0.3) is 0 Å². The number of nitrogens with one attached hydrogen (secondary N) is 3. The number of nitrogens with zero attached hydrogens (tertiary/aromatic N) is 2. The van der Waals surface area contributed by atoms with Crippen molar-refractivity contribution in [2.24, 2.45) is 5.73 Å². The van der Waals surface area contributed by atoms with E-state index in [1.807, 2.05) is 13.0 Å². The van der Waals surface area contributed by atoms with Crippen LogP contribution in [-0.2, 0) is 14.3 Å². The number of amides is 2. The van der Waals surface area contributed by atoms with Crippen molar-refractivity contribution < 1.29 is 19.1 Å². The van der Waals surface area contributed by atoms with Crippen LogP contribution in [0.4, 0.5) is 23.1 Å². The number of hydrogen-bond donors (Lipinski definition) is 4. The molecule has 0 saturated heterocycles. The molecule has 40 heavy (non-hydrogen) atoms. The molecular formula is C30H34N6O4. The molecule has 0 bridgehead atoms. The molecule has 5 N–H and O–H groups in total. The summed E-state index contributed by atoms with van der Waals surface area (Å²) < 4.78 is 5.24. The van der Waals surface area contributed by atoms with E-state index in [1.165, 1.54) is 0 Å². The van der Waals surface area contributed by atoms with Crippen molar-refractivity contribution >= 4 is 40.9 Å². The molecule has 0 aliphatic heterocycles. The third kappa shape index (κ3) is 9.76. The third-order valence-corrected chi connectivity index (χ3v) is 5.22. The largest absolute Gasteiger partial charge is 0.460 e. The smallest absolute Gasteiger partial charge is 0.306 e. The van der Waals surface area contributed by atoms with E-state index in [2.05, 4.69) is 37.8 Å². The van der Waals surface area contributed by atoms with Crippen molar-refractivity contribution in [1.82, 2.24) is 9.97 Å². The molecule has 3 rings (SSSR count). The second kappa shape index (κ2) is 13.8. The Morgan fingerprint density at radius 2 is 1.75 bits per heavy atom. The first-order valence-electron chi connectivity index (χ1n) is 12.9. The van der Waals surface area contributed by atoms with Crippen LogP contribution >= 0.6 is 0 Å². The highest BCUT2D eigenvalue weighted by molar-refractivity contribution is 5.93. The van der Waals surface area contributed by atoms with E-state index in [1.54, 1.807) is 69.4 Å². The van der Waals surface area contributed by atoms with E-state index in [4.69, 9.17) is 10.5 Å². The van der Waals surface area contributed by atoms with Crippen molar-refractivity contribution in [3.63, 3.8) is 0 Å². The van der Waals surface area contributed by atoms with E-state index >= 15 is 0 Å². The standard InChI is InChI=1S/C30H34N6O4/c1-5-17-32-28-22(19-33-29(36-28)35-23-13-11-21(12-14-23)27(31)39)10-9-20-7-6-8-24(18-20)34-25(37)15-16-26(38)40-30(2,3)4/h6-8,11-14,18-19H,5,15-17H2,1-4H3,(H2,31,39)(H,34,37)(H2,32,33,35,36). The topological polar surface area (TPSA) is 148 Å². The fourth-order valence-corrected chi connectivity index (χ4v) is 3.40. The lowest BCUT2D eigenvalue weighted by atomic mass is 10.1. The number of rotatable bonds is 10. The number of carbonyl (C=O) groups excluding carboxylic acids is 3. The Bertz CT molecular complexity index is 1420. The van der Waals surface area contributed by atoms with E-state index in [0.717, 1.165) is 6.42 Å². The van der Waals surface area contributed by atoms with Crippen molar-refractivity contribution in [3.8, 4) is 11.8 Å². The second-order valence-electron chi connectivity index (χ2n) is 9.91. The Hall–Kier alpha value is -4.91. The number of ether oxygens (including phenoxy) is 1. The molecule has 0 fully saturated rings. The van der Waals surface area contributed by atoms with Gasteiger partial charge in [0, 0.05) is 35.5 Å². The highest BCUT2D eigenvalue weighted by atomic mass is 16.6. The van der Waals surface area contributed by atoms with Crippen LogP contribution in [0.1, 0.15) is 68.4 Å². The maximum absolute atomic E-state index is 12.3. The van der Waals surface area contributed by atoms with Gasteiger partial charge >= 0.3 is 5.97 Å². The summed E-state index contributed by atoms with van der Waals surface area (Å²) in [6.45, 7) is 8.10. The number of aromatic nitrogens is 2. The van der Waals surface area contributed by atoms with Crippen LogP contribution in [0.5, 0.6) is 0 Å². The second-order valence-corrected chi connectivity index (χ2v) is 9.91. The number of benzene rings is 2. The predicted octanol–water partition coefficient (Wildman–Crippen LogP) is 4.60. The quantitative estimate of drug-likeness (QED) is 0.215. The van der Waals surface area contributed by atoms with Gasteiger partial charge in [-0.1, -0.05) is 24.8 Å². The first kappa shape index (κ1) is 29.6. The molecule has 0 aliphatic carbocycles. The van der Waals surface area contributed by atoms with Crippen LogP contribution in [0.25, 0.3) is 0 Å². The molecule has 1 aromatic heterocycles. The van der Waals surface area contributed by atoms with Crippen LogP contribution in [0.2, 0.25) is 0 Å². The average molecular weight is 543 g/mol. The molecule has 10 heteroatoms. The van der Waals surface area contributed by atoms with Crippen LogP contribution in [0.3, 0.4) is 0 Å². The summed E-state index contributed by atoms with van der Waals surface area (Å²) in [5, 5.41) is 9.18. The summed E-state index contributed by atoms with van der Waals surface area (Å²) in [5.74, 6) is 5.93. The number of primary amides is 1. The van der Waals surface area contributed by atoms with Crippen molar-refractivity contribution in [2.75, 3.05) is 22.5 Å². The van der Waals surface area contributed by atoms with Gasteiger partial charge in [0.1, 0.15) is 11.4 Å². The number of esters is 1. The third-order valence-electron chi connectivity index (χ3n) is 5.22. The van der Waals surface area contributed by atoms with Gasteiger partial charge in [0.15, 0.2) is 0 Å². The maximum Gasteiger partial charge on any atom is 0.306 e. The molecule has 1 heterocycles. The predicted molar refractivity (Wildman–Crippen MR) is 155 cm³/mol. The lowest BCUT2D eigenvalue weighted by Gasteiger charge is -2.19. The Balaban J connectivity index is 1.69. The van der Waals surface area contributed by atoms with Crippen molar-refractivity contribution in [2.45, 2.75) is 52.6 Å². The number of anilines is 4. The van der Waals surface area contributed by atoms with Crippen molar-refractivity contribution in [1.29, 1.82) is 0 Å². The van der Waals surface area contributed by atoms with Crippen LogP contribution in [0, 0.1) is 11.8 Å². The Morgan fingerprint density at radius 1 is 1.00 bits per heavy atom. The summed E-state index contributed by atoms with van der Waals surface area (Å²) >= 11 is 0. The average Bonchev–Trinajstić information content (AvgIpc) is 2.90. The van der Waals surface area contributed by atoms with Gasteiger partial charge in [-0.2, -0.15) is 4.98 Å². The molecule has 3 aromatic rings. The van der Waals surface area contributed by atoms with E-state index in [-0.39, 0.29) is 18.7 Å². The van der Waals surface area contributed by atoms with Crippen LogP contribution in [-0.4, -0.2) is 39.9 Å². The fourth-order valence-electron chi connectivity index (χ4n) is 3.40. The van der Waals surface area contributed by atoms with Gasteiger partial charge in [0.05, 0.1) is 18.2 Å². The van der Waals surface area contributed by atoms with Gasteiger partial charge < -0.3 is 26.4 Å². The molecule has 2 aromatic carbocycles. The highest BCUT2D eigenvalue weighted by Gasteiger charge is 2.17. The minimum atomic E-state index is -0.589. The summed E-state index contributed by atoms with van der Waals surface area (Å²) in [4.78, 5) is 44.4. The Kier molecular flexibility index (Phi) is 10.2. The number of carbonyl (C=O) groups is 3. The van der Waals surface area contributed by atoms with Gasteiger partial charge in [0.2, 0.25) is 17.8 Å². The number of nitrogens with two attached hydrogens (primary N) is 1. The molecule has 208 valence electrons. The highest BCUT2D eigenvalue weighted by Crippen LogP contribution is 2.19. The zero-order valence-corrected chi connectivity index (χ0v) is 23.1. The number of hydrogen-bond acceptors (Lipinski definition) is 8. The van der Waals surface area contributed by atoms with Gasteiger partial charge in [-0.25, -0.2) is 4.98 Å². The Labute approximate surface area is 234 Å². The normalized spacial score (nSPS) is 10.6. The van der Waals surface area contributed by atoms with E-state index in [9.17, 15) is 14.4 Å². The lowest BCUT2D eigenvalue weighted by molar-refractivity contribution is -0.155. The SMILES string of the molecule is CCCNc1nc(Nc2ccc(C(N)=O)cc2)ncc1C#Cc1cccc(NC(=O)CCC(=O)OC(C)(C)C)c1. The van der Waals surface area contributed by atoms with Gasteiger partial charge in [-0.05, 0) is 69.7 Å². The molecular weight excluding hydrogens is 508 g/mol. The summed E-state index contributed by atoms with van der Waals surface area (Å²) in [5.41, 5.74) is 7.69. The maximum atomic E-state index is 12.3. The zero-order chi connectivity index (χ0) is 29.1. The molecule has 0 spiro atoms. The van der Waals surface area contributed by atoms with E-state index in [0.29, 0.717) is 46.4 Å². The van der Waals surface area contributed by atoms with Crippen molar-refractivity contribution in [3.05, 3.63) is 71.4 Å². The van der Waals surface area contributed by atoms with Gasteiger partial charge in [-0.3, -0.25) is 14.4 Å². The molecule has 0 aliphatic rings. The summed E-state index contributed by atoms with van der Waals surface area (Å²) in [6, 6.07) is 13.8. The Morgan fingerprint density at radius 3 is 2.42 bits per heavy atom. The van der Waals surface area contributed by atoms with E-state index < -0.39 is 17.5 Å². The molecule has 0 saturated carbocycles. The first-order valence-corrected chi connectivity index (χ1v) is 12.9. The zero-order valence-electron chi connectivity index (χ0n) is 23.1. The monoisotopic (exact) mass is 542 g/mol. The molecule has 0 unspecified atom stereocenters. The first-order chi connectivity index (χ1) is 19.0. The van der Waals surface area contributed by atoms with Crippen LogP contribution < -0.4 is 21.7 Å². The minimum absolute atomic E-state index is 0.000324. The summed E-state index contributed by atoms with van der Waals surface area (Å²) in [6.07, 6.45) is 2.54. The summed E-state index contributed by atoms with van der Waals surface area (Å²) in [7, 11) is 0. The minimum Gasteiger partial charge on any atom is -0.460 e.